The number of nitrogens with zero attached hydrogens (tertiary/aromatic N) is 3. The Bertz CT molecular complexity index is 937. The van der Waals surface area contributed by atoms with Crippen molar-refractivity contribution < 1.29 is 9.18 Å². The smallest absolute Gasteiger partial charge is 0.255 e. The van der Waals surface area contributed by atoms with Gasteiger partial charge >= 0.3 is 0 Å². The third-order valence-corrected chi connectivity index (χ3v) is 6.32. The first-order chi connectivity index (χ1) is 12.1. The van der Waals surface area contributed by atoms with Crippen LogP contribution >= 0.6 is 33.9 Å². The predicted octanol–water partition coefficient (Wildman–Crippen LogP) is 4.00. The number of halogens is 2. The van der Waals surface area contributed by atoms with Crippen LogP contribution in [0.3, 0.4) is 0 Å². The zero-order chi connectivity index (χ0) is 17.4. The fraction of sp³-hybridized carbons (Fsp3) is 0.222. The fourth-order valence-corrected chi connectivity index (χ4v) is 4.59. The zero-order valence-corrected chi connectivity index (χ0v) is 16.3. The molecule has 4 rings (SSSR count). The number of benzene rings is 2. The Morgan fingerprint density at radius 2 is 1.84 bits per heavy atom. The normalized spacial score (nSPS) is 15.0. The summed E-state index contributed by atoms with van der Waals surface area (Å²) < 4.78 is 15.7. The summed E-state index contributed by atoms with van der Waals surface area (Å²) in [5.74, 6) is -0.215. The van der Waals surface area contributed by atoms with Gasteiger partial charge in [0.1, 0.15) is 11.3 Å². The number of anilines is 1. The van der Waals surface area contributed by atoms with Crippen LogP contribution in [0.2, 0.25) is 0 Å². The molecule has 0 bridgehead atoms. The molecule has 1 amide bonds. The molecule has 0 unspecified atom stereocenters. The standard InChI is InChI=1S/C18H15FIN3OS/c19-13-5-3-7-15-16(13)21-18(25-15)23-10-8-22(9-11-23)17(24)12-4-1-2-6-14(12)20/h1-7H,8-11H2. The third kappa shape index (κ3) is 3.22. The molecule has 2 aromatic carbocycles. The van der Waals surface area contributed by atoms with E-state index in [1.807, 2.05) is 35.2 Å². The average molecular weight is 467 g/mol. The van der Waals surface area contributed by atoms with Crippen molar-refractivity contribution in [1.29, 1.82) is 0 Å². The van der Waals surface area contributed by atoms with Crippen molar-refractivity contribution in [2.45, 2.75) is 0 Å². The van der Waals surface area contributed by atoms with E-state index in [1.54, 1.807) is 6.07 Å². The number of rotatable bonds is 2. The molecule has 25 heavy (non-hydrogen) atoms. The number of thiazole rings is 1. The van der Waals surface area contributed by atoms with E-state index in [-0.39, 0.29) is 11.7 Å². The largest absolute Gasteiger partial charge is 0.345 e. The third-order valence-electron chi connectivity index (χ3n) is 4.30. The Morgan fingerprint density at radius 1 is 1.08 bits per heavy atom. The second-order valence-electron chi connectivity index (χ2n) is 5.84. The van der Waals surface area contributed by atoms with E-state index < -0.39 is 0 Å². The number of hydrogen-bond donors (Lipinski definition) is 0. The second-order valence-corrected chi connectivity index (χ2v) is 8.01. The lowest BCUT2D eigenvalue weighted by atomic mass is 10.2. The number of aromatic nitrogens is 1. The predicted molar refractivity (Wildman–Crippen MR) is 107 cm³/mol. The van der Waals surface area contributed by atoms with Crippen LogP contribution in [0.4, 0.5) is 9.52 Å². The Labute approximate surface area is 162 Å². The minimum absolute atomic E-state index is 0.0694. The molecule has 3 aromatic rings. The number of piperazine rings is 1. The van der Waals surface area contributed by atoms with Crippen LogP contribution in [-0.2, 0) is 0 Å². The highest BCUT2D eigenvalue weighted by Crippen LogP contribution is 2.30. The molecular formula is C18H15FIN3OS. The van der Waals surface area contributed by atoms with Crippen molar-refractivity contribution in [3.8, 4) is 0 Å². The molecule has 7 heteroatoms. The first-order valence-corrected chi connectivity index (χ1v) is 9.87. The molecule has 0 spiro atoms. The summed E-state index contributed by atoms with van der Waals surface area (Å²) >= 11 is 3.69. The first kappa shape index (κ1) is 16.7. The highest BCUT2D eigenvalue weighted by molar-refractivity contribution is 14.1. The summed E-state index contributed by atoms with van der Waals surface area (Å²) in [6.07, 6.45) is 0. The minimum atomic E-state index is -0.285. The number of fused-ring (bicyclic) bond motifs is 1. The van der Waals surface area contributed by atoms with Crippen LogP contribution in [0.25, 0.3) is 10.2 Å². The molecule has 128 valence electrons. The topological polar surface area (TPSA) is 36.4 Å². The number of hydrogen-bond acceptors (Lipinski definition) is 4. The van der Waals surface area contributed by atoms with E-state index >= 15 is 0 Å². The van der Waals surface area contributed by atoms with E-state index in [2.05, 4.69) is 32.5 Å². The van der Waals surface area contributed by atoms with Gasteiger partial charge in [0.2, 0.25) is 0 Å². The quantitative estimate of drug-likeness (QED) is 0.535. The molecule has 1 aliphatic rings. The maximum atomic E-state index is 13.8. The maximum absolute atomic E-state index is 13.8. The SMILES string of the molecule is O=C(c1ccccc1I)N1CCN(c2nc3c(F)cccc3s2)CC1. The van der Waals surface area contributed by atoms with Crippen LogP contribution in [-0.4, -0.2) is 42.0 Å². The Morgan fingerprint density at radius 3 is 2.56 bits per heavy atom. The maximum Gasteiger partial charge on any atom is 0.255 e. The lowest BCUT2D eigenvalue weighted by Crippen LogP contribution is -2.48. The molecule has 1 fully saturated rings. The fourth-order valence-electron chi connectivity index (χ4n) is 2.94. The van der Waals surface area contributed by atoms with Gasteiger partial charge in [-0.15, -0.1) is 0 Å². The minimum Gasteiger partial charge on any atom is -0.345 e. The van der Waals surface area contributed by atoms with E-state index in [9.17, 15) is 9.18 Å². The van der Waals surface area contributed by atoms with Gasteiger partial charge in [-0.05, 0) is 46.9 Å². The first-order valence-electron chi connectivity index (χ1n) is 7.97. The Hall–Kier alpha value is -1.74. The van der Waals surface area contributed by atoms with Crippen molar-refractivity contribution in [3.63, 3.8) is 0 Å². The molecule has 0 radical (unpaired) electrons. The molecule has 0 atom stereocenters. The van der Waals surface area contributed by atoms with Gasteiger partial charge in [-0.25, -0.2) is 9.37 Å². The van der Waals surface area contributed by atoms with Gasteiger partial charge in [0.15, 0.2) is 5.13 Å². The summed E-state index contributed by atoms with van der Waals surface area (Å²) in [5, 5.41) is 0.821. The van der Waals surface area contributed by atoms with E-state index in [0.717, 1.165) is 19.0 Å². The zero-order valence-electron chi connectivity index (χ0n) is 13.3. The molecule has 1 aliphatic heterocycles. The molecule has 2 heterocycles. The highest BCUT2D eigenvalue weighted by Gasteiger charge is 2.25. The van der Waals surface area contributed by atoms with Crippen molar-refractivity contribution in [3.05, 3.63) is 57.4 Å². The monoisotopic (exact) mass is 467 g/mol. The number of amides is 1. The van der Waals surface area contributed by atoms with Gasteiger partial charge in [0.05, 0.1) is 10.3 Å². The average Bonchev–Trinajstić information content (AvgIpc) is 3.07. The Kier molecular flexibility index (Phi) is 4.60. The summed E-state index contributed by atoms with van der Waals surface area (Å²) in [7, 11) is 0. The van der Waals surface area contributed by atoms with Crippen LogP contribution in [0, 0.1) is 9.39 Å². The van der Waals surface area contributed by atoms with Crippen LogP contribution in [0.15, 0.2) is 42.5 Å². The molecule has 1 saturated heterocycles. The molecule has 0 aliphatic carbocycles. The van der Waals surface area contributed by atoms with Crippen LogP contribution in [0.1, 0.15) is 10.4 Å². The molecule has 0 saturated carbocycles. The van der Waals surface area contributed by atoms with Gasteiger partial charge in [-0.3, -0.25) is 4.79 Å². The van der Waals surface area contributed by atoms with Gasteiger partial charge < -0.3 is 9.80 Å². The summed E-state index contributed by atoms with van der Waals surface area (Å²) in [4.78, 5) is 21.1. The lowest BCUT2D eigenvalue weighted by molar-refractivity contribution is 0.0745. The van der Waals surface area contributed by atoms with Gasteiger partial charge in [-0.1, -0.05) is 29.5 Å². The number of carbonyl (C=O) groups excluding carboxylic acids is 1. The van der Waals surface area contributed by atoms with E-state index in [4.69, 9.17) is 0 Å². The van der Waals surface area contributed by atoms with Gasteiger partial charge in [0.25, 0.3) is 5.91 Å². The number of carbonyl (C=O) groups is 1. The lowest BCUT2D eigenvalue weighted by Gasteiger charge is -2.34. The number of para-hydroxylation sites is 1. The summed E-state index contributed by atoms with van der Waals surface area (Å²) in [6.45, 7) is 2.69. The van der Waals surface area contributed by atoms with Crippen LogP contribution in [0.5, 0.6) is 0 Å². The van der Waals surface area contributed by atoms with Crippen molar-refractivity contribution in [2.24, 2.45) is 0 Å². The van der Waals surface area contributed by atoms with E-state index in [0.29, 0.717) is 31.7 Å². The summed E-state index contributed by atoms with van der Waals surface area (Å²) in [6, 6.07) is 12.7. The van der Waals surface area contributed by atoms with Crippen molar-refractivity contribution >= 4 is 55.2 Å². The van der Waals surface area contributed by atoms with Crippen LogP contribution < -0.4 is 4.90 Å². The van der Waals surface area contributed by atoms with Crippen molar-refractivity contribution in [2.75, 3.05) is 31.1 Å². The van der Waals surface area contributed by atoms with Crippen molar-refractivity contribution in [1.82, 2.24) is 9.88 Å². The molecule has 1 aromatic heterocycles. The Balaban J connectivity index is 1.48. The molecule has 0 N–H and O–H groups in total. The van der Waals surface area contributed by atoms with E-state index in [1.165, 1.54) is 17.4 Å². The molecular weight excluding hydrogens is 452 g/mol. The second kappa shape index (κ2) is 6.87. The summed E-state index contributed by atoms with van der Waals surface area (Å²) in [5.41, 5.74) is 1.18. The van der Waals surface area contributed by atoms with Gasteiger partial charge in [-0.2, -0.15) is 0 Å². The van der Waals surface area contributed by atoms with Gasteiger partial charge in [0, 0.05) is 29.7 Å². The molecule has 4 nitrogen and oxygen atoms in total. The highest BCUT2D eigenvalue weighted by atomic mass is 127.